The fourth-order valence-electron chi connectivity index (χ4n) is 2.81. The Labute approximate surface area is 156 Å². The van der Waals surface area contributed by atoms with Crippen LogP contribution in [0, 0.1) is 0 Å². The number of carboxylic acid groups (broad SMARTS) is 1. The lowest BCUT2D eigenvalue weighted by Crippen LogP contribution is -2.34. The van der Waals surface area contributed by atoms with E-state index in [1.54, 1.807) is 18.0 Å². The lowest BCUT2D eigenvalue weighted by atomic mass is 9.99. The Morgan fingerprint density at radius 1 is 1.32 bits per heavy atom. The van der Waals surface area contributed by atoms with Crippen molar-refractivity contribution in [3.63, 3.8) is 0 Å². The van der Waals surface area contributed by atoms with Gasteiger partial charge in [0.25, 0.3) is 0 Å². The molecule has 0 aliphatic carbocycles. The van der Waals surface area contributed by atoms with Gasteiger partial charge in [0.1, 0.15) is 5.37 Å². The summed E-state index contributed by atoms with van der Waals surface area (Å²) in [5.74, 6) is 0.799. The van der Waals surface area contributed by atoms with Gasteiger partial charge in [-0.2, -0.15) is 0 Å². The van der Waals surface area contributed by atoms with Crippen molar-refractivity contribution < 1.29 is 9.90 Å². The van der Waals surface area contributed by atoms with E-state index in [-0.39, 0.29) is 11.4 Å². The van der Waals surface area contributed by atoms with Crippen LogP contribution in [-0.2, 0) is 6.42 Å². The highest BCUT2D eigenvalue weighted by Gasteiger charge is 2.28. The largest absolute Gasteiger partial charge is 0.465 e. The molecule has 1 amide bonds. The maximum absolute atomic E-state index is 11.3. The number of rotatable bonds is 5. The number of hydrogen-bond donors (Lipinski definition) is 1. The molecule has 1 N–H and O–H groups in total. The second kappa shape index (κ2) is 8.41. The summed E-state index contributed by atoms with van der Waals surface area (Å²) in [5.41, 5.74) is 2.20. The highest BCUT2D eigenvalue weighted by Crippen LogP contribution is 2.26. The van der Waals surface area contributed by atoms with E-state index in [9.17, 15) is 9.90 Å². The van der Waals surface area contributed by atoms with Crippen molar-refractivity contribution in [3.05, 3.63) is 70.7 Å². The second-order valence-corrected chi connectivity index (χ2v) is 7.46. The molecule has 6 heteroatoms. The van der Waals surface area contributed by atoms with Crippen LogP contribution < -0.4 is 0 Å². The van der Waals surface area contributed by atoms with E-state index in [0.717, 1.165) is 16.9 Å². The first-order valence-electron chi connectivity index (χ1n) is 8.07. The van der Waals surface area contributed by atoms with E-state index in [4.69, 9.17) is 16.6 Å². The Morgan fingerprint density at radius 3 is 2.84 bits per heavy atom. The molecular formula is C19H19ClN2O2S. The molecule has 1 aliphatic rings. The van der Waals surface area contributed by atoms with E-state index < -0.39 is 6.09 Å². The summed E-state index contributed by atoms with van der Waals surface area (Å²) in [5, 5.41) is 9.75. The van der Waals surface area contributed by atoms with Crippen LogP contribution in [0.5, 0.6) is 0 Å². The number of halogens is 1. The molecule has 25 heavy (non-hydrogen) atoms. The molecule has 1 aliphatic heterocycles. The topological polar surface area (TPSA) is 52.9 Å². The molecule has 1 fully saturated rings. The summed E-state index contributed by atoms with van der Waals surface area (Å²) in [6.07, 6.45) is 1.59. The highest BCUT2D eigenvalue weighted by atomic mass is 35.5. The monoisotopic (exact) mass is 374 g/mol. The van der Waals surface area contributed by atoms with Crippen LogP contribution in [-0.4, -0.2) is 40.0 Å². The van der Waals surface area contributed by atoms with E-state index in [1.807, 2.05) is 54.6 Å². The summed E-state index contributed by atoms with van der Waals surface area (Å²) < 4.78 is 0. The molecule has 2 atom stereocenters. The maximum atomic E-state index is 11.3. The van der Waals surface area contributed by atoms with Gasteiger partial charge in [-0.15, -0.1) is 11.8 Å². The Hall–Kier alpha value is -1.98. The van der Waals surface area contributed by atoms with Crippen LogP contribution in [0.1, 0.15) is 17.2 Å². The molecule has 130 valence electrons. The molecule has 1 heterocycles. The molecule has 0 radical (unpaired) electrons. The van der Waals surface area contributed by atoms with Crippen LogP contribution >= 0.6 is 23.4 Å². The fourth-order valence-corrected chi connectivity index (χ4v) is 4.10. The number of carbonyl (C=O) groups is 1. The average Bonchev–Trinajstić information content (AvgIpc) is 3.08. The molecule has 1 saturated heterocycles. The smallest absolute Gasteiger partial charge is 0.408 e. The minimum atomic E-state index is -0.896. The molecule has 0 aromatic heterocycles. The number of aliphatic imine (C=N–C) groups is 1. The predicted molar refractivity (Wildman–Crippen MR) is 104 cm³/mol. The first-order chi connectivity index (χ1) is 12.1. The molecule has 2 aromatic rings. The van der Waals surface area contributed by atoms with Gasteiger partial charge in [-0.3, -0.25) is 9.89 Å². The van der Waals surface area contributed by atoms with Gasteiger partial charge in [-0.05, 0) is 29.7 Å². The molecule has 2 unspecified atom stereocenters. The lowest BCUT2D eigenvalue weighted by molar-refractivity contribution is 0.154. The predicted octanol–water partition coefficient (Wildman–Crippen LogP) is 4.75. The number of hydrogen-bond acceptors (Lipinski definition) is 3. The third kappa shape index (κ3) is 4.77. The van der Waals surface area contributed by atoms with Crippen molar-refractivity contribution in [1.82, 2.24) is 4.90 Å². The van der Waals surface area contributed by atoms with Gasteiger partial charge in [0.15, 0.2) is 0 Å². The molecule has 4 nitrogen and oxygen atoms in total. The minimum Gasteiger partial charge on any atom is -0.465 e. The highest BCUT2D eigenvalue weighted by molar-refractivity contribution is 8.00. The number of thioether (sulfide) groups is 1. The molecule has 0 saturated carbocycles. The van der Waals surface area contributed by atoms with Gasteiger partial charge in [0.05, 0.1) is 6.04 Å². The standard InChI is InChI=1S/C19H19ClN2O2S/c20-16-8-4-5-14(11-16)12-17(15-6-2-1-3-7-15)21-13-18-22(19(23)24)9-10-25-18/h1-8,11,13,17-18H,9-10,12H2,(H,23,24). The Bertz CT molecular complexity index is 754. The normalized spacial score (nSPS) is 18.6. The molecule has 2 aromatic carbocycles. The minimum absolute atomic E-state index is 0.0727. The number of benzene rings is 2. The summed E-state index contributed by atoms with van der Waals surface area (Å²) in [6.45, 7) is 0.543. The van der Waals surface area contributed by atoms with E-state index in [0.29, 0.717) is 18.0 Å². The third-order valence-electron chi connectivity index (χ3n) is 4.07. The SMILES string of the molecule is O=C(O)N1CCSC1C=NC(Cc1cccc(Cl)c1)c1ccccc1. The Kier molecular flexibility index (Phi) is 6.00. The van der Waals surface area contributed by atoms with Crippen molar-refractivity contribution in [3.8, 4) is 0 Å². The molecule has 0 bridgehead atoms. The zero-order chi connectivity index (χ0) is 17.6. The van der Waals surface area contributed by atoms with Gasteiger partial charge in [0.2, 0.25) is 0 Å². The van der Waals surface area contributed by atoms with Crippen molar-refractivity contribution in [2.45, 2.75) is 17.8 Å². The van der Waals surface area contributed by atoms with Crippen LogP contribution in [0.3, 0.4) is 0 Å². The van der Waals surface area contributed by atoms with Crippen molar-refractivity contribution in [2.24, 2.45) is 4.99 Å². The van der Waals surface area contributed by atoms with Crippen LogP contribution in [0.15, 0.2) is 59.6 Å². The zero-order valence-corrected chi connectivity index (χ0v) is 15.2. The summed E-state index contributed by atoms with van der Waals surface area (Å²) >= 11 is 7.69. The number of amides is 1. The van der Waals surface area contributed by atoms with Gasteiger partial charge in [-0.1, -0.05) is 54.1 Å². The van der Waals surface area contributed by atoms with Gasteiger partial charge >= 0.3 is 6.09 Å². The van der Waals surface area contributed by atoms with Gasteiger partial charge in [-0.25, -0.2) is 4.79 Å². The van der Waals surface area contributed by atoms with Crippen molar-refractivity contribution in [2.75, 3.05) is 12.3 Å². The van der Waals surface area contributed by atoms with Crippen LogP contribution in [0.4, 0.5) is 4.79 Å². The zero-order valence-electron chi connectivity index (χ0n) is 13.6. The summed E-state index contributed by atoms with van der Waals surface area (Å²) in [6, 6.07) is 17.7. The molecular weight excluding hydrogens is 356 g/mol. The Balaban J connectivity index is 1.81. The van der Waals surface area contributed by atoms with Crippen molar-refractivity contribution in [1.29, 1.82) is 0 Å². The number of nitrogens with zero attached hydrogens (tertiary/aromatic N) is 2. The fraction of sp³-hybridized carbons (Fsp3) is 0.263. The maximum Gasteiger partial charge on any atom is 0.408 e. The summed E-state index contributed by atoms with van der Waals surface area (Å²) in [4.78, 5) is 17.5. The average molecular weight is 375 g/mol. The van der Waals surface area contributed by atoms with Crippen LogP contribution in [0.25, 0.3) is 0 Å². The van der Waals surface area contributed by atoms with Crippen LogP contribution in [0.2, 0.25) is 5.02 Å². The second-order valence-electron chi connectivity index (χ2n) is 5.80. The third-order valence-corrected chi connectivity index (χ3v) is 5.44. The van der Waals surface area contributed by atoms with Gasteiger partial charge < -0.3 is 5.11 Å². The van der Waals surface area contributed by atoms with Gasteiger partial charge in [0, 0.05) is 23.5 Å². The van der Waals surface area contributed by atoms with E-state index in [1.165, 1.54) is 4.90 Å². The molecule has 0 spiro atoms. The van der Waals surface area contributed by atoms with Crippen molar-refractivity contribution >= 4 is 35.7 Å². The first-order valence-corrected chi connectivity index (χ1v) is 9.50. The Morgan fingerprint density at radius 2 is 2.12 bits per heavy atom. The molecule has 3 rings (SSSR count). The van der Waals surface area contributed by atoms with E-state index >= 15 is 0 Å². The van der Waals surface area contributed by atoms with E-state index in [2.05, 4.69) is 0 Å². The quantitative estimate of drug-likeness (QED) is 0.768. The lowest BCUT2D eigenvalue weighted by Gasteiger charge is -2.18. The summed E-state index contributed by atoms with van der Waals surface area (Å²) in [7, 11) is 0. The first kappa shape index (κ1) is 17.8.